The maximum atomic E-state index is 12.3. The molecule has 5 nitrogen and oxygen atoms in total. The van der Waals surface area contributed by atoms with Gasteiger partial charge in [-0.2, -0.15) is 0 Å². The van der Waals surface area contributed by atoms with Crippen molar-refractivity contribution in [1.29, 1.82) is 0 Å². The number of benzene rings is 1. The lowest BCUT2D eigenvalue weighted by Crippen LogP contribution is -2.52. The van der Waals surface area contributed by atoms with E-state index in [1.165, 1.54) is 5.56 Å². The molecule has 1 amide bonds. The number of hydrogen-bond acceptors (Lipinski definition) is 4. The van der Waals surface area contributed by atoms with E-state index in [-0.39, 0.29) is 24.8 Å². The summed E-state index contributed by atoms with van der Waals surface area (Å²) >= 11 is 0. The predicted octanol–water partition coefficient (Wildman–Crippen LogP) is 1.86. The van der Waals surface area contributed by atoms with Gasteiger partial charge in [-0.3, -0.25) is 14.6 Å². The number of nitrogens with zero attached hydrogens (tertiary/aromatic N) is 3. The maximum Gasteiger partial charge on any atom is 0.223 e. The van der Waals surface area contributed by atoms with E-state index in [1.54, 1.807) is 0 Å². The fourth-order valence-electron chi connectivity index (χ4n) is 3.70. The van der Waals surface area contributed by atoms with Gasteiger partial charge in [-0.1, -0.05) is 30.3 Å². The van der Waals surface area contributed by atoms with Crippen LogP contribution in [0.4, 0.5) is 0 Å². The van der Waals surface area contributed by atoms with Crippen LogP contribution in [0.25, 0.3) is 0 Å². The highest BCUT2D eigenvalue weighted by atomic mass is 35.5. The Bertz CT molecular complexity index is 526. The molecule has 1 aromatic rings. The van der Waals surface area contributed by atoms with Crippen molar-refractivity contribution in [3.63, 3.8) is 0 Å². The number of nitrogens with one attached hydrogen (secondary N) is 1. The molecule has 0 bridgehead atoms. The molecule has 26 heavy (non-hydrogen) atoms. The summed E-state index contributed by atoms with van der Waals surface area (Å²) in [6.07, 6.45) is 0.656. The Balaban J connectivity index is 0.00000169. The first-order valence-electron chi connectivity index (χ1n) is 9.21. The van der Waals surface area contributed by atoms with Crippen molar-refractivity contribution in [2.24, 2.45) is 0 Å². The predicted molar refractivity (Wildman–Crippen MR) is 111 cm³/mol. The van der Waals surface area contributed by atoms with E-state index in [4.69, 9.17) is 0 Å². The van der Waals surface area contributed by atoms with E-state index < -0.39 is 0 Å². The molecule has 2 fully saturated rings. The van der Waals surface area contributed by atoms with Gasteiger partial charge in [-0.15, -0.1) is 24.8 Å². The third-order valence-electron chi connectivity index (χ3n) is 5.18. The van der Waals surface area contributed by atoms with Crippen LogP contribution in [0.2, 0.25) is 0 Å². The van der Waals surface area contributed by atoms with E-state index in [2.05, 4.69) is 52.4 Å². The second-order valence-corrected chi connectivity index (χ2v) is 6.99. The Hall–Kier alpha value is -0.850. The zero-order valence-corrected chi connectivity index (χ0v) is 17.2. The molecule has 1 aromatic carbocycles. The molecule has 1 atom stereocenters. The lowest BCUT2D eigenvalue weighted by molar-refractivity contribution is -0.132. The molecule has 1 unspecified atom stereocenters. The molecule has 0 saturated carbocycles. The molecule has 3 rings (SSSR count). The highest BCUT2D eigenvalue weighted by molar-refractivity contribution is 5.85. The summed E-state index contributed by atoms with van der Waals surface area (Å²) in [5, 5.41) is 3.30. The number of carbonyl (C=O) groups excluding carboxylic acids is 1. The molecule has 0 aliphatic carbocycles. The molecule has 2 heterocycles. The number of halogens is 2. The average Bonchev–Trinajstić information content (AvgIpc) is 2.62. The molecule has 2 saturated heterocycles. The molecule has 2 aliphatic heterocycles. The summed E-state index contributed by atoms with van der Waals surface area (Å²) in [6.45, 7) is 11.0. The van der Waals surface area contributed by atoms with Crippen LogP contribution in [0, 0.1) is 0 Å². The standard InChI is InChI=1S/C19H30N4O.2ClH/c1-17-15-21(16-18-5-3-2-4-6-18)13-14-22(17)10-7-19(24)23-11-8-20-9-12-23;;/h2-6,17,20H,7-16H2,1H3;2*1H. The quantitative estimate of drug-likeness (QED) is 0.815. The third kappa shape index (κ3) is 6.71. The Morgan fingerprint density at radius 1 is 1.08 bits per heavy atom. The van der Waals surface area contributed by atoms with Crippen molar-refractivity contribution in [3.05, 3.63) is 35.9 Å². The summed E-state index contributed by atoms with van der Waals surface area (Å²) < 4.78 is 0. The van der Waals surface area contributed by atoms with Gasteiger partial charge in [0, 0.05) is 71.4 Å². The topological polar surface area (TPSA) is 38.8 Å². The van der Waals surface area contributed by atoms with Gasteiger partial charge in [-0.05, 0) is 12.5 Å². The van der Waals surface area contributed by atoms with E-state index >= 15 is 0 Å². The first kappa shape index (κ1) is 23.2. The zero-order valence-electron chi connectivity index (χ0n) is 15.6. The monoisotopic (exact) mass is 402 g/mol. The number of carbonyl (C=O) groups is 1. The smallest absolute Gasteiger partial charge is 0.223 e. The Labute approximate surface area is 169 Å². The third-order valence-corrected chi connectivity index (χ3v) is 5.18. The lowest BCUT2D eigenvalue weighted by Gasteiger charge is -2.40. The molecule has 0 radical (unpaired) electrons. The van der Waals surface area contributed by atoms with Gasteiger partial charge in [0.25, 0.3) is 0 Å². The molecule has 0 aromatic heterocycles. The number of piperazine rings is 2. The molecule has 1 N–H and O–H groups in total. The van der Waals surface area contributed by atoms with Crippen molar-refractivity contribution in [3.8, 4) is 0 Å². The molecule has 148 valence electrons. The largest absolute Gasteiger partial charge is 0.340 e. The molecular weight excluding hydrogens is 371 g/mol. The minimum atomic E-state index is 0. The Morgan fingerprint density at radius 3 is 2.42 bits per heavy atom. The van der Waals surface area contributed by atoms with Crippen LogP contribution >= 0.6 is 24.8 Å². The maximum absolute atomic E-state index is 12.3. The fourth-order valence-corrected chi connectivity index (χ4v) is 3.70. The van der Waals surface area contributed by atoms with Gasteiger partial charge in [0.1, 0.15) is 0 Å². The lowest BCUT2D eigenvalue weighted by atomic mass is 10.1. The van der Waals surface area contributed by atoms with Gasteiger partial charge >= 0.3 is 0 Å². The minimum absolute atomic E-state index is 0. The fraction of sp³-hybridized carbons (Fsp3) is 0.632. The summed E-state index contributed by atoms with van der Waals surface area (Å²) in [5.74, 6) is 0.315. The van der Waals surface area contributed by atoms with Crippen LogP contribution in [-0.4, -0.2) is 79.0 Å². The zero-order chi connectivity index (χ0) is 16.8. The van der Waals surface area contributed by atoms with Gasteiger partial charge in [-0.25, -0.2) is 0 Å². The van der Waals surface area contributed by atoms with Gasteiger partial charge in [0.15, 0.2) is 0 Å². The highest BCUT2D eigenvalue weighted by Crippen LogP contribution is 2.14. The number of amides is 1. The van der Waals surface area contributed by atoms with Crippen LogP contribution in [-0.2, 0) is 11.3 Å². The normalized spacial score (nSPS) is 21.6. The van der Waals surface area contributed by atoms with Gasteiger partial charge in [0.05, 0.1) is 0 Å². The summed E-state index contributed by atoms with van der Waals surface area (Å²) in [7, 11) is 0. The Morgan fingerprint density at radius 2 is 1.77 bits per heavy atom. The van der Waals surface area contributed by atoms with Crippen molar-refractivity contribution >= 4 is 30.7 Å². The summed E-state index contributed by atoms with van der Waals surface area (Å²) in [6, 6.07) is 11.2. The number of rotatable bonds is 5. The van der Waals surface area contributed by atoms with E-state index in [0.29, 0.717) is 18.4 Å². The van der Waals surface area contributed by atoms with E-state index in [1.807, 2.05) is 4.90 Å². The summed E-state index contributed by atoms with van der Waals surface area (Å²) in [4.78, 5) is 19.3. The van der Waals surface area contributed by atoms with Crippen molar-refractivity contribution in [2.75, 3.05) is 52.4 Å². The first-order chi connectivity index (χ1) is 11.7. The van der Waals surface area contributed by atoms with Crippen LogP contribution in [0.15, 0.2) is 30.3 Å². The van der Waals surface area contributed by atoms with Crippen LogP contribution in [0.3, 0.4) is 0 Å². The number of hydrogen-bond donors (Lipinski definition) is 1. The molecule has 2 aliphatic rings. The van der Waals surface area contributed by atoms with Crippen LogP contribution in [0.1, 0.15) is 18.9 Å². The first-order valence-corrected chi connectivity index (χ1v) is 9.21. The van der Waals surface area contributed by atoms with Crippen molar-refractivity contribution in [1.82, 2.24) is 20.0 Å². The highest BCUT2D eigenvalue weighted by Gasteiger charge is 2.25. The van der Waals surface area contributed by atoms with Crippen molar-refractivity contribution < 1.29 is 4.79 Å². The van der Waals surface area contributed by atoms with Crippen LogP contribution < -0.4 is 5.32 Å². The molecular formula is C19H32Cl2N4O. The second kappa shape index (κ2) is 11.8. The molecule has 0 spiro atoms. The van der Waals surface area contributed by atoms with E-state index in [0.717, 1.165) is 58.9 Å². The SMILES string of the molecule is CC1CN(Cc2ccccc2)CCN1CCC(=O)N1CCNCC1.Cl.Cl. The minimum Gasteiger partial charge on any atom is -0.340 e. The van der Waals surface area contributed by atoms with Crippen LogP contribution in [0.5, 0.6) is 0 Å². The Kier molecular flexibility index (Phi) is 10.5. The van der Waals surface area contributed by atoms with Gasteiger partial charge < -0.3 is 10.2 Å². The van der Waals surface area contributed by atoms with Crippen molar-refractivity contribution in [2.45, 2.75) is 25.9 Å². The average molecular weight is 403 g/mol. The molecule has 7 heteroatoms. The van der Waals surface area contributed by atoms with Gasteiger partial charge in [0.2, 0.25) is 5.91 Å². The summed E-state index contributed by atoms with van der Waals surface area (Å²) in [5.41, 5.74) is 1.38. The van der Waals surface area contributed by atoms with E-state index in [9.17, 15) is 4.79 Å². The second-order valence-electron chi connectivity index (χ2n) is 6.99.